The molecule has 2 bridgehead atoms. The predicted molar refractivity (Wildman–Crippen MR) is 124 cm³/mol. The first-order chi connectivity index (χ1) is 15.7. The van der Waals surface area contributed by atoms with Crippen LogP contribution in [-0.4, -0.2) is 83.0 Å². The number of ether oxygens (including phenoxy) is 1. The van der Waals surface area contributed by atoms with Crippen LogP contribution in [0.1, 0.15) is 45.6 Å². The van der Waals surface area contributed by atoms with Gasteiger partial charge in [0.2, 0.25) is 0 Å². The van der Waals surface area contributed by atoms with Gasteiger partial charge in [0.05, 0.1) is 5.71 Å². The molecule has 2 saturated heterocycles. The van der Waals surface area contributed by atoms with Crippen molar-refractivity contribution in [1.29, 1.82) is 0 Å². The first kappa shape index (κ1) is 22.8. The lowest BCUT2D eigenvalue weighted by atomic mass is 10.0. The van der Waals surface area contributed by atoms with E-state index in [0.29, 0.717) is 11.5 Å². The number of likely N-dealkylation sites (N-methyl/N-ethyl adjacent to an activating group) is 1. The summed E-state index contributed by atoms with van der Waals surface area (Å²) in [6, 6.07) is 4.05. The van der Waals surface area contributed by atoms with E-state index >= 15 is 0 Å². The van der Waals surface area contributed by atoms with Crippen molar-refractivity contribution in [2.24, 2.45) is 22.9 Å². The normalized spacial score (nSPS) is 33.9. The van der Waals surface area contributed by atoms with Gasteiger partial charge in [-0.3, -0.25) is 9.91 Å². The van der Waals surface area contributed by atoms with Gasteiger partial charge in [0.15, 0.2) is 11.6 Å². The van der Waals surface area contributed by atoms with Crippen molar-refractivity contribution < 1.29 is 13.5 Å². The lowest BCUT2D eigenvalue weighted by molar-refractivity contribution is -0.0495. The van der Waals surface area contributed by atoms with Crippen LogP contribution in [-0.2, 0) is 0 Å². The van der Waals surface area contributed by atoms with Crippen molar-refractivity contribution in [3.8, 4) is 5.75 Å². The number of hydrogen-bond acceptors (Lipinski definition) is 7. The molecule has 5 rings (SSSR count). The van der Waals surface area contributed by atoms with Crippen LogP contribution in [0.5, 0.6) is 5.75 Å². The molecule has 3 heterocycles. The Labute approximate surface area is 194 Å². The highest BCUT2D eigenvalue weighted by molar-refractivity contribution is 5.98. The number of rotatable bonds is 8. The molecule has 2 saturated carbocycles. The van der Waals surface area contributed by atoms with Crippen molar-refractivity contribution in [3.05, 3.63) is 17.8 Å². The number of anilines is 1. The van der Waals surface area contributed by atoms with Crippen molar-refractivity contribution in [1.82, 2.24) is 19.8 Å². The smallest absolute Gasteiger partial charge is 0.387 e. The molecule has 1 aromatic rings. The van der Waals surface area contributed by atoms with Gasteiger partial charge >= 0.3 is 6.61 Å². The van der Waals surface area contributed by atoms with Gasteiger partial charge in [-0.15, -0.1) is 0 Å². The highest BCUT2D eigenvalue weighted by Crippen LogP contribution is 2.59. The maximum atomic E-state index is 12.7. The van der Waals surface area contributed by atoms with Crippen LogP contribution in [0.2, 0.25) is 0 Å². The van der Waals surface area contributed by atoms with Crippen LogP contribution < -0.4 is 10.5 Å². The number of halogens is 2. The number of nitrogens with zero attached hydrogens (tertiary/aromatic N) is 5. The molecule has 2 aliphatic carbocycles. The molecule has 9 heteroatoms. The number of nitrogen functional groups attached to an aromatic ring is 1. The molecule has 0 aromatic carbocycles. The third-order valence-electron chi connectivity index (χ3n) is 8.41. The Hall–Kier alpha value is -2.00. The summed E-state index contributed by atoms with van der Waals surface area (Å²) in [5.74, 6) is 2.16. The number of pyridine rings is 1. The van der Waals surface area contributed by atoms with E-state index in [2.05, 4.69) is 45.4 Å². The predicted octanol–water partition coefficient (Wildman–Crippen LogP) is 3.11. The first-order valence-electron chi connectivity index (χ1n) is 12.2. The van der Waals surface area contributed by atoms with Crippen molar-refractivity contribution in [3.63, 3.8) is 0 Å². The summed E-state index contributed by atoms with van der Waals surface area (Å²) >= 11 is 0. The molecular weight excluding hydrogens is 426 g/mol. The number of fused-ring (bicyclic) bond motifs is 3. The number of nitrogens with two attached hydrogens (primary N) is 1. The highest BCUT2D eigenvalue weighted by Gasteiger charge is 2.59. The van der Waals surface area contributed by atoms with Gasteiger partial charge < -0.3 is 15.4 Å². The summed E-state index contributed by atoms with van der Waals surface area (Å²) in [6.07, 6.45) is 5.56. The fraction of sp³-hybridized carbons (Fsp3) is 0.750. The molecular formula is C24H36F2N6O. The second-order valence-corrected chi connectivity index (χ2v) is 10.7. The number of piperazine rings is 1. The number of hydrogen-bond donors (Lipinski definition) is 1. The fourth-order valence-electron chi connectivity index (χ4n) is 6.51. The molecule has 2 aliphatic heterocycles. The minimum atomic E-state index is -2.94. The van der Waals surface area contributed by atoms with Gasteiger partial charge in [-0.1, -0.05) is 0 Å². The first-order valence-corrected chi connectivity index (χ1v) is 12.2. The monoisotopic (exact) mass is 462 g/mol. The van der Waals surface area contributed by atoms with Gasteiger partial charge in [-0.05, 0) is 70.9 Å². The van der Waals surface area contributed by atoms with Crippen LogP contribution in [0.3, 0.4) is 0 Å². The zero-order chi connectivity index (χ0) is 23.4. The largest absolute Gasteiger partial charge is 0.431 e. The standard InChI is InChI=1S/C24H36F2N6O/c1-13(2)32(29-14(3)15-5-22(33-24(25)26)23(27)28-9-15)12-21-19-7-16(8-20(19)21)31-11-17-6-18(31)10-30(17)4/h5,9,13,16-21,24H,6-8,10-12H2,1-4H3,(H2,27,28)/b29-14+/t16?,17-,18-,19-,20+,21?/m0/s1. The minimum Gasteiger partial charge on any atom is -0.431 e. The van der Waals surface area contributed by atoms with Crippen LogP contribution in [0.4, 0.5) is 14.6 Å². The van der Waals surface area contributed by atoms with Gasteiger partial charge in [-0.25, -0.2) is 4.98 Å². The molecule has 0 radical (unpaired) electrons. The molecule has 0 spiro atoms. The van der Waals surface area contributed by atoms with Crippen LogP contribution >= 0.6 is 0 Å². The molecule has 1 aromatic heterocycles. The van der Waals surface area contributed by atoms with E-state index in [0.717, 1.165) is 42.2 Å². The highest BCUT2D eigenvalue weighted by atomic mass is 19.3. The lowest BCUT2D eigenvalue weighted by Crippen LogP contribution is -2.49. The zero-order valence-electron chi connectivity index (χ0n) is 20.0. The van der Waals surface area contributed by atoms with E-state index in [1.54, 1.807) is 6.20 Å². The Morgan fingerprint density at radius 2 is 1.94 bits per heavy atom. The lowest BCUT2D eigenvalue weighted by Gasteiger charge is -2.37. The Bertz CT molecular complexity index is 897. The maximum Gasteiger partial charge on any atom is 0.387 e. The Balaban J connectivity index is 1.20. The van der Waals surface area contributed by atoms with Crippen LogP contribution in [0.25, 0.3) is 0 Å². The van der Waals surface area contributed by atoms with Gasteiger partial charge in [0.25, 0.3) is 0 Å². The summed E-state index contributed by atoms with van der Waals surface area (Å²) in [5.41, 5.74) is 7.02. The number of hydrazone groups is 1. The Kier molecular flexibility index (Phi) is 5.97. The van der Waals surface area contributed by atoms with E-state index in [4.69, 9.17) is 10.8 Å². The molecule has 4 fully saturated rings. The van der Waals surface area contributed by atoms with Crippen LogP contribution in [0.15, 0.2) is 17.4 Å². The number of alkyl halides is 2. The van der Waals surface area contributed by atoms with Crippen molar-refractivity contribution in [2.45, 2.75) is 70.8 Å². The molecule has 0 amide bonds. The van der Waals surface area contributed by atoms with Crippen molar-refractivity contribution in [2.75, 3.05) is 32.4 Å². The summed E-state index contributed by atoms with van der Waals surface area (Å²) in [6.45, 7) is 6.64. The second kappa shape index (κ2) is 8.65. The average molecular weight is 463 g/mol. The van der Waals surface area contributed by atoms with E-state index in [1.165, 1.54) is 38.4 Å². The SMILES string of the molecule is C/C(=N\N(CC1[C@H]2CC(N3C[C@@H]4C[C@H]3CN4C)C[C@@H]12)C(C)C)c1cnc(N)c(OC(F)F)c1. The molecule has 182 valence electrons. The number of aromatic nitrogens is 1. The van der Waals surface area contributed by atoms with E-state index in [9.17, 15) is 8.78 Å². The summed E-state index contributed by atoms with van der Waals surface area (Å²) in [4.78, 5) is 9.34. The van der Waals surface area contributed by atoms with E-state index in [1.807, 2.05) is 6.92 Å². The zero-order valence-corrected chi connectivity index (χ0v) is 20.0. The molecule has 2 N–H and O–H groups in total. The topological polar surface area (TPSA) is 70.2 Å². The quantitative estimate of drug-likeness (QED) is 0.473. The molecule has 4 aliphatic rings. The molecule has 6 atom stereocenters. The third-order valence-corrected chi connectivity index (χ3v) is 8.41. The van der Waals surface area contributed by atoms with Gasteiger partial charge in [0.1, 0.15) is 0 Å². The summed E-state index contributed by atoms with van der Waals surface area (Å²) < 4.78 is 29.8. The fourth-order valence-corrected chi connectivity index (χ4v) is 6.51. The maximum absolute atomic E-state index is 12.7. The van der Waals surface area contributed by atoms with E-state index in [-0.39, 0.29) is 17.6 Å². The molecule has 33 heavy (non-hydrogen) atoms. The van der Waals surface area contributed by atoms with Crippen molar-refractivity contribution >= 4 is 11.5 Å². The van der Waals surface area contributed by atoms with Crippen LogP contribution in [0, 0.1) is 17.8 Å². The third kappa shape index (κ3) is 4.41. The Morgan fingerprint density at radius 3 is 2.52 bits per heavy atom. The van der Waals surface area contributed by atoms with Gasteiger partial charge in [0, 0.05) is 55.6 Å². The minimum absolute atomic E-state index is 0.0502. The average Bonchev–Trinajstić information content (AvgIpc) is 3.16. The van der Waals surface area contributed by atoms with Gasteiger partial charge in [-0.2, -0.15) is 13.9 Å². The summed E-state index contributed by atoms with van der Waals surface area (Å²) in [7, 11) is 2.26. The number of likely N-dealkylation sites (tertiary alicyclic amines) is 2. The molecule has 2 unspecified atom stereocenters. The van der Waals surface area contributed by atoms with E-state index < -0.39 is 6.61 Å². The second-order valence-electron chi connectivity index (χ2n) is 10.7. The summed E-state index contributed by atoms with van der Waals surface area (Å²) in [5, 5.41) is 6.99. The Morgan fingerprint density at radius 1 is 1.21 bits per heavy atom. The molecule has 7 nitrogen and oxygen atoms in total.